The first-order chi connectivity index (χ1) is 26.2. The van der Waals surface area contributed by atoms with Crippen molar-refractivity contribution in [3.05, 3.63) is 91.3 Å². The lowest BCUT2D eigenvalue weighted by Gasteiger charge is -2.26. The Kier molecular flexibility index (Phi) is 13.8. The number of thiophene rings is 5. The van der Waals surface area contributed by atoms with Gasteiger partial charge >= 0.3 is 17.8 Å². The number of thioether (sulfide) groups is 1. The molecule has 6 rings (SSSR count). The van der Waals surface area contributed by atoms with E-state index in [9.17, 15) is 0 Å². The maximum Gasteiger partial charge on any atom is 0.380 e. The molecule has 1 atom stereocenters. The van der Waals surface area contributed by atoms with Crippen molar-refractivity contribution in [3.63, 3.8) is 0 Å². The predicted octanol–water partition coefficient (Wildman–Crippen LogP) is 17.3. The Morgan fingerprint density at radius 1 is 0.636 bits per heavy atom. The average molecular weight is 869 g/mol. The van der Waals surface area contributed by atoms with Gasteiger partial charge in [0.25, 0.3) is 0 Å². The normalized spacial score (nSPS) is 17.1. The lowest BCUT2D eigenvalue weighted by molar-refractivity contribution is -0.261. The second-order valence-electron chi connectivity index (χ2n) is 14.1. The molecule has 1 aliphatic carbocycles. The van der Waals surface area contributed by atoms with E-state index in [-0.39, 0.29) is 5.56 Å². The topological polar surface area (TPSA) is 0 Å². The van der Waals surface area contributed by atoms with E-state index in [1.54, 1.807) is 35.9 Å². The summed E-state index contributed by atoms with van der Waals surface area (Å²) in [5.41, 5.74) is -2.72. The molecule has 55 heavy (non-hydrogen) atoms. The number of unbranched alkanes of at least 4 members (excludes halogenated alkanes) is 6. The van der Waals surface area contributed by atoms with Gasteiger partial charge in [-0.25, -0.2) is 0 Å². The quantitative estimate of drug-likeness (QED) is 0.0624. The fourth-order valence-electron chi connectivity index (χ4n) is 7.04. The van der Waals surface area contributed by atoms with Crippen molar-refractivity contribution in [1.82, 2.24) is 0 Å². The molecule has 0 radical (unpaired) electrons. The molecule has 0 spiro atoms. The molecule has 12 heteroatoms. The number of alkyl halides is 6. The standard InChI is InChI=1S/C43H46F6S6/c1-6-8-10-12-14-28-16-18-31(52-28)33-20-22-35(54-33)37(50-5)24-26(3)39-40(42(46,47)43(48,49)41(39,44)45)30-25-38(51-27(30)4)36-23-21-34(55-36)32-19-17-29(53-32)15-13-11-9-7-2/h16-26H,6-15H2,1-5H3. The van der Waals surface area contributed by atoms with Crippen LogP contribution in [0.15, 0.2) is 66.2 Å². The van der Waals surface area contributed by atoms with Gasteiger partial charge in [0.2, 0.25) is 0 Å². The SMILES string of the molecule is CCCCCCc1ccc(-c2ccc(C(=CC(C)C3=C(c4cc(-c5ccc(-c6ccc(CCCCCC)s6)s5)sc4C)C(F)(F)C(F)(F)C3(F)F)SC)s2)s1. The Hall–Kier alpha value is -2.09. The third-order valence-corrected chi connectivity index (χ3v) is 17.1. The van der Waals surface area contributed by atoms with Gasteiger partial charge in [0.1, 0.15) is 0 Å². The van der Waals surface area contributed by atoms with Crippen molar-refractivity contribution in [3.8, 4) is 29.3 Å². The molecule has 5 aromatic heterocycles. The van der Waals surface area contributed by atoms with Crippen molar-refractivity contribution >= 4 is 78.9 Å². The third kappa shape index (κ3) is 8.70. The zero-order chi connectivity index (χ0) is 39.5. The summed E-state index contributed by atoms with van der Waals surface area (Å²) in [4.78, 5) is 9.82. The molecular weight excluding hydrogens is 823 g/mol. The summed E-state index contributed by atoms with van der Waals surface area (Å²) in [5, 5.41) is 0. The summed E-state index contributed by atoms with van der Waals surface area (Å²) in [7, 11) is 0. The van der Waals surface area contributed by atoms with Gasteiger partial charge in [-0.05, 0) is 99.0 Å². The number of rotatable bonds is 18. The number of hydrogen-bond acceptors (Lipinski definition) is 6. The van der Waals surface area contributed by atoms with E-state index in [4.69, 9.17) is 0 Å². The Labute approximate surface area is 345 Å². The van der Waals surface area contributed by atoms with Gasteiger partial charge < -0.3 is 0 Å². The molecule has 0 N–H and O–H groups in total. The second kappa shape index (κ2) is 17.8. The highest BCUT2D eigenvalue weighted by atomic mass is 32.2. The van der Waals surface area contributed by atoms with Crippen LogP contribution in [0, 0.1) is 12.8 Å². The minimum atomic E-state index is -5.59. The molecule has 0 saturated heterocycles. The van der Waals surface area contributed by atoms with Crippen molar-refractivity contribution in [2.24, 2.45) is 5.92 Å². The largest absolute Gasteiger partial charge is 0.380 e. The number of allylic oxidation sites excluding steroid dienone is 3. The number of halogens is 6. The molecule has 0 amide bonds. The van der Waals surface area contributed by atoms with Crippen LogP contribution in [0.2, 0.25) is 0 Å². The molecule has 0 fully saturated rings. The highest BCUT2D eigenvalue weighted by Gasteiger charge is 2.80. The second-order valence-corrected chi connectivity index (χ2v) is 20.7. The van der Waals surface area contributed by atoms with Gasteiger partial charge in [-0.3, -0.25) is 0 Å². The smallest absolute Gasteiger partial charge is 0.194 e. The van der Waals surface area contributed by atoms with Crippen molar-refractivity contribution in [1.29, 1.82) is 0 Å². The molecule has 1 unspecified atom stereocenters. The summed E-state index contributed by atoms with van der Waals surface area (Å²) in [5.74, 6) is -17.1. The van der Waals surface area contributed by atoms with Crippen LogP contribution < -0.4 is 0 Å². The minimum absolute atomic E-state index is 0.246. The maximum absolute atomic E-state index is 15.9. The van der Waals surface area contributed by atoms with Crippen LogP contribution in [0.3, 0.4) is 0 Å². The molecule has 0 saturated carbocycles. The van der Waals surface area contributed by atoms with E-state index in [0.717, 1.165) is 66.3 Å². The Morgan fingerprint density at radius 3 is 1.71 bits per heavy atom. The Balaban J connectivity index is 1.30. The van der Waals surface area contributed by atoms with Gasteiger partial charge in [-0.1, -0.05) is 65.4 Å². The minimum Gasteiger partial charge on any atom is -0.194 e. The van der Waals surface area contributed by atoms with Crippen LogP contribution in [-0.4, -0.2) is 24.0 Å². The Morgan fingerprint density at radius 2 is 1.15 bits per heavy atom. The summed E-state index contributed by atoms with van der Waals surface area (Å²) >= 11 is 8.86. The zero-order valence-corrected chi connectivity index (χ0v) is 36.5. The molecular formula is C43H46F6S6. The van der Waals surface area contributed by atoms with Crippen LogP contribution >= 0.6 is 68.4 Å². The van der Waals surface area contributed by atoms with E-state index >= 15 is 26.3 Å². The molecule has 0 bridgehead atoms. The maximum atomic E-state index is 15.9. The fourth-order valence-corrected chi connectivity index (χ4v) is 13.3. The lowest BCUT2D eigenvalue weighted by Crippen LogP contribution is -2.49. The fraction of sp³-hybridized carbons (Fsp3) is 0.442. The van der Waals surface area contributed by atoms with Gasteiger partial charge in [-0.2, -0.15) is 26.3 Å². The molecule has 0 aliphatic heterocycles. The monoisotopic (exact) mass is 868 g/mol. The van der Waals surface area contributed by atoms with E-state index in [1.807, 2.05) is 24.3 Å². The van der Waals surface area contributed by atoms with Crippen LogP contribution in [0.25, 0.3) is 39.7 Å². The van der Waals surface area contributed by atoms with Crippen molar-refractivity contribution in [2.45, 2.75) is 110 Å². The van der Waals surface area contributed by atoms with E-state index in [1.165, 1.54) is 102 Å². The summed E-state index contributed by atoms with van der Waals surface area (Å²) in [6, 6.07) is 17.6. The van der Waals surface area contributed by atoms with Crippen LogP contribution in [-0.2, 0) is 12.8 Å². The molecule has 5 aromatic rings. The molecule has 0 nitrogen and oxygen atoms in total. The van der Waals surface area contributed by atoms with Gasteiger partial charge in [0, 0.05) is 70.7 Å². The molecule has 5 heterocycles. The first kappa shape index (κ1) is 42.5. The van der Waals surface area contributed by atoms with Gasteiger partial charge in [0.05, 0.1) is 0 Å². The lowest BCUT2D eigenvalue weighted by atomic mass is 9.91. The van der Waals surface area contributed by atoms with E-state index in [2.05, 4.69) is 38.1 Å². The number of aryl methyl sites for hydroxylation is 3. The van der Waals surface area contributed by atoms with Gasteiger partial charge in [0.15, 0.2) is 0 Å². The molecule has 1 aliphatic rings. The first-order valence-corrected chi connectivity index (χ1v) is 24.2. The molecule has 0 aromatic carbocycles. The van der Waals surface area contributed by atoms with Crippen molar-refractivity contribution in [2.75, 3.05) is 6.26 Å². The van der Waals surface area contributed by atoms with Crippen LogP contribution in [0.5, 0.6) is 0 Å². The van der Waals surface area contributed by atoms with Crippen LogP contribution in [0.1, 0.15) is 97.2 Å². The highest BCUT2D eigenvalue weighted by molar-refractivity contribution is 8.07. The van der Waals surface area contributed by atoms with Crippen molar-refractivity contribution < 1.29 is 26.3 Å². The Bertz CT molecular complexity index is 2120. The zero-order valence-electron chi connectivity index (χ0n) is 31.6. The van der Waals surface area contributed by atoms with Crippen LogP contribution in [0.4, 0.5) is 26.3 Å². The van der Waals surface area contributed by atoms with Gasteiger partial charge in [-0.15, -0.1) is 68.4 Å². The summed E-state index contributed by atoms with van der Waals surface area (Å²) < 4.78 is 94.1. The van der Waals surface area contributed by atoms with E-state index in [0.29, 0.717) is 14.7 Å². The summed E-state index contributed by atoms with van der Waals surface area (Å²) in [6.07, 6.45) is 14.7. The first-order valence-electron chi connectivity index (χ1n) is 18.9. The number of hydrogen-bond donors (Lipinski definition) is 0. The highest BCUT2D eigenvalue weighted by Crippen LogP contribution is 2.64. The van der Waals surface area contributed by atoms with E-state index < -0.39 is 34.8 Å². The molecule has 296 valence electrons. The summed E-state index contributed by atoms with van der Waals surface area (Å²) in [6.45, 7) is 7.24. The predicted molar refractivity (Wildman–Crippen MR) is 231 cm³/mol. The third-order valence-electron chi connectivity index (χ3n) is 10.0. The average Bonchev–Trinajstić information content (AvgIpc) is 4.00.